The molecule has 26 heavy (non-hydrogen) atoms. The van der Waals surface area contributed by atoms with Gasteiger partial charge in [-0.2, -0.15) is 0 Å². The van der Waals surface area contributed by atoms with E-state index in [1.54, 1.807) is 7.11 Å². The van der Waals surface area contributed by atoms with Crippen LogP contribution in [0, 0.1) is 5.92 Å². The molecule has 1 amide bonds. The lowest BCUT2D eigenvalue weighted by molar-refractivity contribution is -0.134. The molecular formula is C22H27NO3. The Balaban J connectivity index is 1.37. The van der Waals surface area contributed by atoms with E-state index in [1.165, 1.54) is 12.0 Å². The highest BCUT2D eigenvalue weighted by Gasteiger charge is 2.22. The van der Waals surface area contributed by atoms with Gasteiger partial charge in [0.05, 0.1) is 7.11 Å². The molecule has 0 aromatic heterocycles. The first-order chi connectivity index (χ1) is 12.7. The van der Waals surface area contributed by atoms with Crippen LogP contribution in [0.15, 0.2) is 54.6 Å². The van der Waals surface area contributed by atoms with E-state index in [1.807, 2.05) is 47.4 Å². The zero-order valence-corrected chi connectivity index (χ0v) is 15.4. The topological polar surface area (TPSA) is 38.8 Å². The number of rotatable bonds is 7. The number of piperidine rings is 1. The molecule has 1 fully saturated rings. The molecule has 0 atom stereocenters. The lowest BCUT2D eigenvalue weighted by Crippen LogP contribution is -2.41. The SMILES string of the molecule is COc1ccc(CCC2CCN(C(=O)COc3ccccc3)CC2)cc1. The monoisotopic (exact) mass is 353 g/mol. The second kappa shape index (κ2) is 9.27. The van der Waals surface area contributed by atoms with Crippen LogP contribution in [0.3, 0.4) is 0 Å². The molecule has 0 spiro atoms. The van der Waals surface area contributed by atoms with Gasteiger partial charge in [-0.25, -0.2) is 0 Å². The van der Waals surface area contributed by atoms with Crippen LogP contribution in [0.5, 0.6) is 11.5 Å². The molecular weight excluding hydrogens is 326 g/mol. The Hall–Kier alpha value is -2.49. The number of ether oxygens (including phenoxy) is 2. The molecule has 1 heterocycles. The summed E-state index contributed by atoms with van der Waals surface area (Å²) in [6.45, 7) is 1.80. The molecule has 1 saturated heterocycles. The number of hydrogen-bond donors (Lipinski definition) is 0. The predicted octanol–water partition coefficient (Wildman–Crippen LogP) is 3.95. The minimum absolute atomic E-state index is 0.0856. The molecule has 138 valence electrons. The fraction of sp³-hybridized carbons (Fsp3) is 0.409. The van der Waals surface area contributed by atoms with Gasteiger partial charge in [0.1, 0.15) is 11.5 Å². The third kappa shape index (κ3) is 5.25. The van der Waals surface area contributed by atoms with Crippen molar-refractivity contribution in [3.05, 3.63) is 60.2 Å². The molecule has 0 radical (unpaired) electrons. The molecule has 0 aliphatic carbocycles. The molecule has 3 rings (SSSR count). The predicted molar refractivity (Wildman–Crippen MR) is 103 cm³/mol. The number of hydrogen-bond acceptors (Lipinski definition) is 3. The third-order valence-corrected chi connectivity index (χ3v) is 5.07. The maximum Gasteiger partial charge on any atom is 0.260 e. The number of nitrogens with zero attached hydrogens (tertiary/aromatic N) is 1. The first-order valence-electron chi connectivity index (χ1n) is 9.33. The van der Waals surface area contributed by atoms with E-state index >= 15 is 0 Å². The van der Waals surface area contributed by atoms with Crippen LogP contribution >= 0.6 is 0 Å². The minimum Gasteiger partial charge on any atom is -0.497 e. The van der Waals surface area contributed by atoms with Gasteiger partial charge < -0.3 is 14.4 Å². The molecule has 0 saturated carbocycles. The highest BCUT2D eigenvalue weighted by Crippen LogP contribution is 2.23. The number of methoxy groups -OCH3 is 1. The van der Waals surface area contributed by atoms with Crippen LogP contribution in [-0.4, -0.2) is 37.6 Å². The number of aryl methyl sites for hydroxylation is 1. The maximum absolute atomic E-state index is 12.3. The van der Waals surface area contributed by atoms with Crippen LogP contribution in [-0.2, 0) is 11.2 Å². The number of benzene rings is 2. The standard InChI is InChI=1S/C22H27NO3/c1-25-20-11-9-18(10-12-20)7-8-19-13-15-23(16-14-19)22(24)17-26-21-5-3-2-4-6-21/h2-6,9-12,19H,7-8,13-17H2,1H3. The van der Waals surface area contributed by atoms with Crippen molar-refractivity contribution in [1.82, 2.24) is 4.90 Å². The molecule has 4 nitrogen and oxygen atoms in total. The summed E-state index contributed by atoms with van der Waals surface area (Å²) < 4.78 is 10.8. The molecule has 4 heteroatoms. The molecule has 2 aromatic carbocycles. The Labute approximate surface area is 155 Å². The largest absolute Gasteiger partial charge is 0.497 e. The summed E-state index contributed by atoms with van der Waals surface area (Å²) in [6, 6.07) is 17.8. The van der Waals surface area contributed by atoms with E-state index in [0.717, 1.165) is 43.9 Å². The van der Waals surface area contributed by atoms with Crippen molar-refractivity contribution in [1.29, 1.82) is 0 Å². The number of para-hydroxylation sites is 1. The average molecular weight is 353 g/mol. The van der Waals surface area contributed by atoms with Crippen molar-refractivity contribution in [2.24, 2.45) is 5.92 Å². The van der Waals surface area contributed by atoms with Gasteiger partial charge in [-0.1, -0.05) is 30.3 Å². The molecule has 0 N–H and O–H groups in total. The fourth-order valence-electron chi connectivity index (χ4n) is 3.39. The quantitative estimate of drug-likeness (QED) is 0.757. The smallest absolute Gasteiger partial charge is 0.260 e. The first kappa shape index (κ1) is 18.3. The van der Waals surface area contributed by atoms with E-state index in [4.69, 9.17) is 9.47 Å². The van der Waals surface area contributed by atoms with Gasteiger partial charge in [-0.15, -0.1) is 0 Å². The molecule has 2 aromatic rings. The summed E-state index contributed by atoms with van der Waals surface area (Å²) >= 11 is 0. The summed E-state index contributed by atoms with van der Waals surface area (Å²) in [5, 5.41) is 0. The van der Waals surface area contributed by atoms with E-state index in [2.05, 4.69) is 12.1 Å². The van der Waals surface area contributed by atoms with Gasteiger partial charge in [0.15, 0.2) is 6.61 Å². The first-order valence-corrected chi connectivity index (χ1v) is 9.33. The van der Waals surface area contributed by atoms with E-state index in [-0.39, 0.29) is 12.5 Å². The second-order valence-corrected chi connectivity index (χ2v) is 6.81. The van der Waals surface area contributed by atoms with Crippen LogP contribution < -0.4 is 9.47 Å². The molecule has 1 aliphatic rings. The van der Waals surface area contributed by atoms with Gasteiger partial charge in [-0.05, 0) is 61.4 Å². The normalized spacial score (nSPS) is 14.9. The van der Waals surface area contributed by atoms with E-state index in [9.17, 15) is 4.79 Å². The van der Waals surface area contributed by atoms with Crippen molar-refractivity contribution in [2.75, 3.05) is 26.8 Å². The second-order valence-electron chi connectivity index (χ2n) is 6.81. The van der Waals surface area contributed by atoms with Gasteiger partial charge >= 0.3 is 0 Å². The summed E-state index contributed by atoms with van der Waals surface area (Å²) in [6.07, 6.45) is 4.41. The number of carbonyl (C=O) groups excluding carboxylic acids is 1. The summed E-state index contributed by atoms with van der Waals surface area (Å²) in [7, 11) is 1.69. The van der Waals surface area contributed by atoms with Gasteiger partial charge in [0, 0.05) is 13.1 Å². The highest BCUT2D eigenvalue weighted by atomic mass is 16.5. The van der Waals surface area contributed by atoms with Crippen molar-refractivity contribution in [3.8, 4) is 11.5 Å². The number of amides is 1. The van der Waals surface area contributed by atoms with Crippen molar-refractivity contribution >= 4 is 5.91 Å². The highest BCUT2D eigenvalue weighted by molar-refractivity contribution is 5.77. The van der Waals surface area contributed by atoms with Crippen LogP contribution in [0.2, 0.25) is 0 Å². The molecule has 0 unspecified atom stereocenters. The Morgan fingerprint density at radius 1 is 1.00 bits per heavy atom. The van der Waals surface area contributed by atoms with E-state index < -0.39 is 0 Å². The van der Waals surface area contributed by atoms with Crippen molar-refractivity contribution < 1.29 is 14.3 Å². The maximum atomic E-state index is 12.3. The summed E-state index contributed by atoms with van der Waals surface area (Å²) in [4.78, 5) is 14.2. The lowest BCUT2D eigenvalue weighted by Gasteiger charge is -2.32. The van der Waals surface area contributed by atoms with Crippen LogP contribution in [0.1, 0.15) is 24.8 Å². The van der Waals surface area contributed by atoms with Gasteiger partial charge in [0.25, 0.3) is 5.91 Å². The lowest BCUT2D eigenvalue weighted by atomic mass is 9.90. The Kier molecular flexibility index (Phi) is 6.53. The fourth-order valence-corrected chi connectivity index (χ4v) is 3.39. The summed E-state index contributed by atoms with van der Waals surface area (Å²) in [5.41, 5.74) is 1.35. The zero-order valence-electron chi connectivity index (χ0n) is 15.4. The zero-order chi connectivity index (χ0) is 18.2. The van der Waals surface area contributed by atoms with Crippen molar-refractivity contribution in [3.63, 3.8) is 0 Å². The van der Waals surface area contributed by atoms with Gasteiger partial charge in [0.2, 0.25) is 0 Å². The average Bonchev–Trinajstić information content (AvgIpc) is 2.72. The summed E-state index contributed by atoms with van der Waals surface area (Å²) in [5.74, 6) is 2.42. The Bertz CT molecular complexity index is 676. The van der Waals surface area contributed by atoms with Crippen LogP contribution in [0.4, 0.5) is 0 Å². The Morgan fingerprint density at radius 2 is 1.69 bits per heavy atom. The number of likely N-dealkylation sites (tertiary alicyclic amines) is 1. The molecule has 1 aliphatic heterocycles. The van der Waals surface area contributed by atoms with E-state index in [0.29, 0.717) is 5.92 Å². The number of carbonyl (C=O) groups is 1. The van der Waals surface area contributed by atoms with Gasteiger partial charge in [-0.3, -0.25) is 4.79 Å². The molecule has 0 bridgehead atoms. The third-order valence-electron chi connectivity index (χ3n) is 5.07. The van der Waals surface area contributed by atoms with Crippen LogP contribution in [0.25, 0.3) is 0 Å². The minimum atomic E-state index is 0.0856. The Morgan fingerprint density at radius 3 is 2.35 bits per heavy atom. The van der Waals surface area contributed by atoms with Crippen molar-refractivity contribution in [2.45, 2.75) is 25.7 Å².